The minimum Gasteiger partial charge on any atom is -0.309 e. The van der Waals surface area contributed by atoms with Gasteiger partial charge in [0, 0.05) is 132 Å². The van der Waals surface area contributed by atoms with Crippen molar-refractivity contribution in [3.63, 3.8) is 0 Å². The van der Waals surface area contributed by atoms with Crippen LogP contribution in [-0.2, 0) is 0 Å². The largest absolute Gasteiger partial charge is 0.309 e. The highest BCUT2D eigenvalue weighted by Gasteiger charge is 2.27. The van der Waals surface area contributed by atoms with Crippen molar-refractivity contribution >= 4 is 142 Å². The van der Waals surface area contributed by atoms with Gasteiger partial charge in [-0.05, 0) is 170 Å². The molecule has 0 bridgehead atoms. The molecule has 0 amide bonds. The Morgan fingerprint density at radius 1 is 0.127 bits per heavy atom. The van der Waals surface area contributed by atoms with Crippen molar-refractivity contribution in [3.8, 4) is 113 Å². The van der Waals surface area contributed by atoms with E-state index in [-0.39, 0.29) is 0 Å². The Bertz CT molecular complexity index is 9830. The van der Waals surface area contributed by atoms with Gasteiger partial charge in [0.25, 0.3) is 0 Å². The fraction of sp³-hybridized carbons (Fsp3) is 0. The van der Waals surface area contributed by atoms with Crippen LogP contribution in [0.4, 0.5) is 0 Å². The molecule has 142 heavy (non-hydrogen) atoms. The summed E-state index contributed by atoms with van der Waals surface area (Å²) in [4.78, 5) is 30.9. The lowest BCUT2D eigenvalue weighted by molar-refractivity contribution is 1.08. The summed E-state index contributed by atoms with van der Waals surface area (Å²) < 4.78 is 14.2. The van der Waals surface area contributed by atoms with Crippen molar-refractivity contribution in [3.05, 3.63) is 510 Å². The molecule has 0 saturated carbocycles. The van der Waals surface area contributed by atoms with E-state index in [1.165, 1.54) is 103 Å². The molecule has 0 spiro atoms. The van der Waals surface area contributed by atoms with Gasteiger partial charge in [-0.3, -0.25) is 4.57 Å². The summed E-state index contributed by atoms with van der Waals surface area (Å²) in [5, 5.41) is 14.8. The molecule has 0 aliphatic carbocycles. The molecule has 9 aromatic heterocycles. The normalized spacial score (nSPS) is 11.7. The first-order valence-electron chi connectivity index (χ1n) is 48.0. The van der Waals surface area contributed by atoms with Gasteiger partial charge in [-0.25, -0.2) is 29.9 Å². The van der Waals surface area contributed by atoms with Crippen LogP contribution in [0.25, 0.3) is 255 Å². The third-order valence-corrected chi connectivity index (χ3v) is 27.7. The molecule has 0 aliphatic heterocycles. The van der Waals surface area contributed by atoms with Crippen LogP contribution in [0.15, 0.2) is 510 Å². The van der Waals surface area contributed by atoms with E-state index in [9.17, 15) is 0 Å². The Labute approximate surface area is 816 Å². The number of nitrogens with zero attached hydrogens (tertiary/aromatic N) is 12. The van der Waals surface area contributed by atoms with E-state index in [1.54, 1.807) is 0 Å². The topological polar surface area (TPSA) is 107 Å². The van der Waals surface area contributed by atoms with Crippen LogP contribution < -0.4 is 0 Å². The van der Waals surface area contributed by atoms with E-state index >= 15 is 0 Å². The number of hydrogen-bond donors (Lipinski definition) is 0. The fourth-order valence-electron chi connectivity index (χ4n) is 21.3. The van der Waals surface area contributed by atoms with Crippen molar-refractivity contribution in [2.24, 2.45) is 0 Å². The molecular formula is C130H84N12. The maximum atomic E-state index is 5.29. The smallest absolute Gasteiger partial charge is 0.165 e. The van der Waals surface area contributed by atoms with E-state index in [0.717, 1.165) is 140 Å². The van der Waals surface area contributed by atoms with Gasteiger partial charge in [-0.1, -0.05) is 340 Å². The number of fused-ring (bicyclic) bond motifs is 19. The number of aromatic nitrogens is 12. The molecule has 0 atom stereocenters. The van der Waals surface area contributed by atoms with Crippen LogP contribution in [-0.4, -0.2) is 57.3 Å². The second kappa shape index (κ2) is 34.5. The molecule has 29 aromatic rings. The van der Waals surface area contributed by atoms with E-state index in [1.807, 2.05) is 78.9 Å². The van der Waals surface area contributed by atoms with Gasteiger partial charge >= 0.3 is 0 Å². The summed E-state index contributed by atoms with van der Waals surface area (Å²) in [7, 11) is 0. The minimum atomic E-state index is 0.694. The van der Waals surface area contributed by atoms with E-state index in [2.05, 4.69) is 458 Å². The minimum absolute atomic E-state index is 0.694. The van der Waals surface area contributed by atoms with Crippen molar-refractivity contribution in [1.29, 1.82) is 0 Å². The van der Waals surface area contributed by atoms with Crippen LogP contribution in [0.2, 0.25) is 0 Å². The van der Waals surface area contributed by atoms with Gasteiger partial charge in [0.2, 0.25) is 0 Å². The molecule has 12 nitrogen and oxygen atoms in total. The quantitative estimate of drug-likeness (QED) is 0.114. The van der Waals surface area contributed by atoms with Crippen LogP contribution in [0.1, 0.15) is 0 Å². The van der Waals surface area contributed by atoms with E-state index in [4.69, 9.17) is 29.9 Å². The van der Waals surface area contributed by atoms with Crippen LogP contribution >= 0.6 is 0 Å². The fourth-order valence-corrected chi connectivity index (χ4v) is 21.3. The molecule has 20 aromatic carbocycles. The van der Waals surface area contributed by atoms with Crippen LogP contribution in [0.5, 0.6) is 0 Å². The summed E-state index contributed by atoms with van der Waals surface area (Å²) in [6, 6.07) is 180. The maximum Gasteiger partial charge on any atom is 0.165 e. The molecule has 0 N–H and O–H groups in total. The number of rotatable bonds is 13. The monoisotopic (exact) mass is 1810 g/mol. The molecule has 0 saturated heterocycles. The predicted molar refractivity (Wildman–Crippen MR) is 588 cm³/mol. The zero-order chi connectivity index (χ0) is 93.7. The highest BCUT2D eigenvalue weighted by Crippen LogP contribution is 2.47. The summed E-state index contributed by atoms with van der Waals surface area (Å²) in [5.74, 6) is 2.22. The van der Waals surface area contributed by atoms with Gasteiger partial charge in [0.05, 0.1) is 100 Å². The van der Waals surface area contributed by atoms with Gasteiger partial charge in [-0.15, -0.1) is 0 Å². The number of benzene rings is 20. The van der Waals surface area contributed by atoms with Crippen LogP contribution in [0, 0.1) is 0 Å². The number of hydrogen-bond acceptors (Lipinski definition) is 6. The second-order valence-electron chi connectivity index (χ2n) is 36.0. The van der Waals surface area contributed by atoms with E-state index < -0.39 is 0 Å². The summed E-state index contributed by atoms with van der Waals surface area (Å²) in [6.45, 7) is 0. The van der Waals surface area contributed by atoms with Crippen molar-refractivity contribution in [2.75, 3.05) is 0 Å². The molecule has 29 rings (SSSR count). The zero-order valence-corrected chi connectivity index (χ0v) is 76.9. The molecule has 0 aliphatic rings. The average Bonchev–Trinajstić information content (AvgIpc) is 1.56. The lowest BCUT2D eigenvalue weighted by atomic mass is 10.1. The zero-order valence-electron chi connectivity index (χ0n) is 76.9. The molecule has 0 fully saturated rings. The standard InChI is InChI=1S/2C46H30N4.C38H24N4/c1-4-15-31(16-5-1)40-29-41(32-17-6-2-7-18-32)48-46(47-40)33-19-14-22-35(27-33)50-43-26-13-11-24-37(43)39-28-38-36-23-10-12-25-42(36)49(44(38)30-45(39)50)34-20-8-3-9-21-34;1-4-14-31(15-5-1)40-29-41(32-16-6-2-7-17-32)48-46(47-40)33-24-26-35(27-25-33)50-43-23-13-11-21-37(43)39-28-38-36-20-10-12-22-42(36)49(44(38)30-45(39)50)34-18-8-3-9-19-34;1-3-13-25(14-4-1)37-38(40-32-20-10-9-19-31(32)39-37)42-34-22-12-8-18-28(34)30-23-29-27-17-7-11-21-33(27)41(35(29)24-36(30)42)26-15-5-2-6-16-26/h2*1-30H;1-24H. The van der Waals surface area contributed by atoms with Crippen molar-refractivity contribution in [1.82, 2.24) is 57.3 Å². The lowest BCUT2D eigenvalue weighted by Crippen LogP contribution is -2.03. The summed E-state index contributed by atoms with van der Waals surface area (Å²) >= 11 is 0. The highest BCUT2D eigenvalue weighted by molar-refractivity contribution is 6.23. The first-order chi connectivity index (χ1) is 70.4. The Hall–Kier alpha value is -19.3. The first kappa shape index (κ1) is 82.2. The highest BCUT2D eigenvalue weighted by atomic mass is 15.1. The molecule has 664 valence electrons. The third kappa shape index (κ3) is 14.1. The van der Waals surface area contributed by atoms with Gasteiger partial charge in [0.15, 0.2) is 17.5 Å². The summed E-state index contributed by atoms with van der Waals surface area (Å²) in [5.41, 5.74) is 33.0. The van der Waals surface area contributed by atoms with Gasteiger partial charge in [-0.2, -0.15) is 0 Å². The number of para-hydroxylation sites is 11. The Balaban J connectivity index is 0.000000107. The van der Waals surface area contributed by atoms with Gasteiger partial charge in [0.1, 0.15) is 5.69 Å². The lowest BCUT2D eigenvalue weighted by Gasteiger charge is -2.14. The maximum absolute atomic E-state index is 5.29. The molecule has 9 heterocycles. The van der Waals surface area contributed by atoms with Crippen molar-refractivity contribution in [2.45, 2.75) is 0 Å². The molecule has 0 radical (unpaired) electrons. The predicted octanol–water partition coefficient (Wildman–Crippen LogP) is 32.8. The Kier molecular flexibility index (Phi) is 20.0. The SMILES string of the molecule is c1ccc(-c2cc(-c3ccccc3)nc(-c3ccc(-n4c5ccccc5c5cc6c7ccccc7n(-c7ccccc7)c6cc54)cc3)n2)cc1.c1ccc(-c2cc(-c3ccccc3)nc(-c3cccc(-n4c5ccccc5c5cc6c7ccccc7n(-c7ccccc7)c6cc54)c3)n2)cc1.c1ccc(-c2nc3ccccc3nc2-n2c3ccccc3c3cc4c5ccccc5n(-c5ccccc5)c4cc32)cc1. The second-order valence-corrected chi connectivity index (χ2v) is 36.0. The first-order valence-corrected chi connectivity index (χ1v) is 48.0. The summed E-state index contributed by atoms with van der Waals surface area (Å²) in [6.07, 6.45) is 0. The molecular weight excluding hydrogens is 1730 g/mol. The third-order valence-electron chi connectivity index (χ3n) is 27.7. The van der Waals surface area contributed by atoms with Crippen molar-refractivity contribution < 1.29 is 0 Å². The Morgan fingerprint density at radius 2 is 0.366 bits per heavy atom. The van der Waals surface area contributed by atoms with Gasteiger partial charge < -0.3 is 22.8 Å². The average molecular weight is 1810 g/mol. The molecule has 12 heteroatoms. The Morgan fingerprint density at radius 3 is 0.697 bits per heavy atom. The van der Waals surface area contributed by atoms with E-state index in [0.29, 0.717) is 11.6 Å². The molecule has 0 unspecified atom stereocenters. The van der Waals surface area contributed by atoms with Crippen LogP contribution in [0.3, 0.4) is 0 Å².